The van der Waals surface area contributed by atoms with Gasteiger partial charge in [-0.2, -0.15) is 0 Å². The van der Waals surface area contributed by atoms with Crippen LogP contribution in [0.5, 0.6) is 5.75 Å². The van der Waals surface area contributed by atoms with Gasteiger partial charge in [0.15, 0.2) is 0 Å². The van der Waals surface area contributed by atoms with Gasteiger partial charge in [-0.15, -0.1) is 0 Å². The lowest BCUT2D eigenvalue weighted by Gasteiger charge is -2.11. The second kappa shape index (κ2) is 8.45. The molecule has 3 aromatic carbocycles. The molecule has 0 aromatic heterocycles. The lowest BCUT2D eigenvalue weighted by atomic mass is 10.2. The Morgan fingerprint density at radius 1 is 0.920 bits per heavy atom. The predicted octanol–water partition coefficient (Wildman–Crippen LogP) is 6.85. The molecule has 126 valence electrons. The molecule has 0 bridgehead atoms. The zero-order chi connectivity index (χ0) is 17.6. The van der Waals surface area contributed by atoms with Crippen molar-refractivity contribution in [3.63, 3.8) is 0 Å². The van der Waals surface area contributed by atoms with E-state index in [1.165, 1.54) is 0 Å². The molecule has 0 fully saturated rings. The van der Waals surface area contributed by atoms with Crippen LogP contribution in [-0.4, -0.2) is 6.21 Å². The Balaban J connectivity index is 1.77. The van der Waals surface area contributed by atoms with Gasteiger partial charge in [0, 0.05) is 6.21 Å². The van der Waals surface area contributed by atoms with Gasteiger partial charge in [-0.05, 0) is 73.7 Å². The molecule has 0 saturated heterocycles. The molecular formula is C21H17Br2NO. The summed E-state index contributed by atoms with van der Waals surface area (Å²) in [6.07, 6.45) is 1.86. The number of aliphatic imine (C=N–C) groups is 1. The first kappa shape index (κ1) is 17.9. The molecule has 0 aliphatic carbocycles. The first-order chi connectivity index (χ1) is 12.1. The number of ether oxygens (including phenoxy) is 1. The van der Waals surface area contributed by atoms with Crippen LogP contribution in [0.4, 0.5) is 5.69 Å². The van der Waals surface area contributed by atoms with Crippen molar-refractivity contribution in [1.29, 1.82) is 0 Å². The van der Waals surface area contributed by atoms with Crippen molar-refractivity contribution in [3.05, 3.63) is 92.4 Å². The first-order valence-electron chi connectivity index (χ1n) is 7.89. The molecule has 0 amide bonds. The van der Waals surface area contributed by atoms with E-state index in [1.807, 2.05) is 66.9 Å². The zero-order valence-corrected chi connectivity index (χ0v) is 16.9. The second-order valence-electron chi connectivity index (χ2n) is 5.63. The van der Waals surface area contributed by atoms with Crippen molar-refractivity contribution >= 4 is 43.8 Å². The molecule has 0 aliphatic heterocycles. The lowest BCUT2D eigenvalue weighted by Crippen LogP contribution is -1.97. The van der Waals surface area contributed by atoms with Gasteiger partial charge in [0.05, 0.1) is 14.6 Å². The van der Waals surface area contributed by atoms with E-state index in [-0.39, 0.29) is 0 Å². The molecule has 2 nitrogen and oxygen atoms in total. The summed E-state index contributed by atoms with van der Waals surface area (Å²) in [5, 5.41) is 0. The number of para-hydroxylation sites is 1. The maximum Gasteiger partial charge on any atom is 0.148 e. The van der Waals surface area contributed by atoms with Crippen LogP contribution in [0, 0.1) is 6.92 Å². The minimum atomic E-state index is 0.523. The number of benzene rings is 3. The van der Waals surface area contributed by atoms with Crippen LogP contribution in [0.1, 0.15) is 16.7 Å². The van der Waals surface area contributed by atoms with Crippen molar-refractivity contribution in [2.24, 2.45) is 4.99 Å². The van der Waals surface area contributed by atoms with E-state index in [1.54, 1.807) is 0 Å². The number of hydrogen-bond donors (Lipinski definition) is 0. The highest BCUT2D eigenvalue weighted by Gasteiger charge is 2.09. The third-order valence-corrected chi connectivity index (χ3v) is 4.89. The Morgan fingerprint density at radius 2 is 1.56 bits per heavy atom. The third kappa shape index (κ3) is 4.80. The van der Waals surface area contributed by atoms with Crippen LogP contribution in [0.25, 0.3) is 0 Å². The average Bonchev–Trinajstić information content (AvgIpc) is 2.61. The van der Waals surface area contributed by atoms with Crippen LogP contribution < -0.4 is 4.74 Å². The van der Waals surface area contributed by atoms with E-state index in [2.05, 4.69) is 49.8 Å². The van der Waals surface area contributed by atoms with Crippen LogP contribution in [0.3, 0.4) is 0 Å². The van der Waals surface area contributed by atoms with E-state index in [0.29, 0.717) is 6.61 Å². The van der Waals surface area contributed by atoms with Crippen molar-refractivity contribution in [3.8, 4) is 5.75 Å². The van der Waals surface area contributed by atoms with Crippen molar-refractivity contribution in [2.45, 2.75) is 13.5 Å². The van der Waals surface area contributed by atoms with E-state index in [4.69, 9.17) is 4.74 Å². The number of hydrogen-bond acceptors (Lipinski definition) is 2. The molecular weight excluding hydrogens is 442 g/mol. The van der Waals surface area contributed by atoms with Crippen LogP contribution in [0.15, 0.2) is 80.7 Å². The van der Waals surface area contributed by atoms with Gasteiger partial charge in [-0.3, -0.25) is 4.99 Å². The molecule has 3 aromatic rings. The van der Waals surface area contributed by atoms with Gasteiger partial charge in [0.25, 0.3) is 0 Å². The quantitative estimate of drug-likeness (QED) is 0.383. The Kier molecular flexibility index (Phi) is 6.05. The monoisotopic (exact) mass is 457 g/mol. The highest BCUT2D eigenvalue weighted by atomic mass is 79.9. The summed E-state index contributed by atoms with van der Waals surface area (Å²) in [6.45, 7) is 2.58. The minimum absolute atomic E-state index is 0.523. The maximum absolute atomic E-state index is 5.95. The maximum atomic E-state index is 5.95. The van der Waals surface area contributed by atoms with Crippen LogP contribution in [0.2, 0.25) is 0 Å². The summed E-state index contributed by atoms with van der Waals surface area (Å²) >= 11 is 7.19. The molecule has 0 atom stereocenters. The molecule has 0 aliphatic rings. The second-order valence-corrected chi connectivity index (χ2v) is 7.34. The fourth-order valence-corrected chi connectivity index (χ4v) is 3.82. The molecule has 0 heterocycles. The fourth-order valence-electron chi connectivity index (χ4n) is 2.37. The van der Waals surface area contributed by atoms with Gasteiger partial charge in [0.2, 0.25) is 0 Å². The summed E-state index contributed by atoms with van der Waals surface area (Å²) in [7, 11) is 0. The fraction of sp³-hybridized carbons (Fsp3) is 0.0952. The minimum Gasteiger partial charge on any atom is -0.487 e. The number of rotatable bonds is 5. The van der Waals surface area contributed by atoms with Crippen molar-refractivity contribution < 1.29 is 4.74 Å². The number of aryl methyl sites for hydroxylation is 1. The highest BCUT2D eigenvalue weighted by Crippen LogP contribution is 2.35. The molecule has 0 unspecified atom stereocenters. The molecule has 25 heavy (non-hydrogen) atoms. The Labute approximate surface area is 164 Å². The van der Waals surface area contributed by atoms with Gasteiger partial charge in [-0.25, -0.2) is 0 Å². The largest absolute Gasteiger partial charge is 0.487 e. The van der Waals surface area contributed by atoms with E-state index in [9.17, 15) is 0 Å². The third-order valence-electron chi connectivity index (χ3n) is 3.71. The normalized spacial score (nSPS) is 11.0. The summed E-state index contributed by atoms with van der Waals surface area (Å²) in [5.74, 6) is 0.789. The standard InChI is InChI=1S/C21H17Br2NO/c1-15-7-5-6-10-20(15)24-13-17-11-18(22)21(19(23)12-17)25-14-16-8-3-2-4-9-16/h2-13H,14H2,1H3. The Bertz CT molecular complexity index is 868. The molecule has 4 heteroatoms. The summed E-state index contributed by atoms with van der Waals surface area (Å²) in [5.41, 5.74) is 4.25. The first-order valence-corrected chi connectivity index (χ1v) is 9.47. The average molecular weight is 459 g/mol. The van der Waals surface area contributed by atoms with Gasteiger partial charge >= 0.3 is 0 Å². The summed E-state index contributed by atoms with van der Waals surface area (Å²) < 4.78 is 7.74. The SMILES string of the molecule is Cc1ccccc1N=Cc1cc(Br)c(OCc2ccccc2)c(Br)c1. The van der Waals surface area contributed by atoms with E-state index < -0.39 is 0 Å². The van der Waals surface area contributed by atoms with Crippen LogP contribution in [-0.2, 0) is 6.61 Å². The van der Waals surface area contributed by atoms with E-state index in [0.717, 1.165) is 37.1 Å². The van der Waals surface area contributed by atoms with Gasteiger partial charge in [0.1, 0.15) is 12.4 Å². The smallest absolute Gasteiger partial charge is 0.148 e. The zero-order valence-electron chi connectivity index (χ0n) is 13.7. The number of halogens is 2. The highest BCUT2D eigenvalue weighted by molar-refractivity contribution is 9.11. The molecule has 0 N–H and O–H groups in total. The lowest BCUT2D eigenvalue weighted by molar-refractivity contribution is 0.302. The van der Waals surface area contributed by atoms with Crippen molar-refractivity contribution in [2.75, 3.05) is 0 Å². The Hall–Kier alpha value is -1.91. The molecule has 0 radical (unpaired) electrons. The van der Waals surface area contributed by atoms with Crippen LogP contribution >= 0.6 is 31.9 Å². The number of nitrogens with zero attached hydrogens (tertiary/aromatic N) is 1. The van der Waals surface area contributed by atoms with Gasteiger partial charge < -0.3 is 4.74 Å². The molecule has 0 spiro atoms. The molecule has 3 rings (SSSR count). The van der Waals surface area contributed by atoms with E-state index >= 15 is 0 Å². The molecule has 0 saturated carbocycles. The van der Waals surface area contributed by atoms with Gasteiger partial charge in [-0.1, -0.05) is 48.5 Å². The van der Waals surface area contributed by atoms with Crippen molar-refractivity contribution in [1.82, 2.24) is 0 Å². The topological polar surface area (TPSA) is 21.6 Å². The summed E-state index contributed by atoms with van der Waals surface area (Å²) in [6, 6.07) is 22.2. The predicted molar refractivity (Wildman–Crippen MR) is 111 cm³/mol. The summed E-state index contributed by atoms with van der Waals surface area (Å²) in [4.78, 5) is 4.57. The Morgan fingerprint density at radius 3 is 2.24 bits per heavy atom.